The number of carbonyl (C=O) groups excluding carboxylic acids is 1. The van der Waals surface area contributed by atoms with Gasteiger partial charge in [0.1, 0.15) is 0 Å². The largest absolute Gasteiger partial charge is 0.336 e. The van der Waals surface area contributed by atoms with Gasteiger partial charge in [0.05, 0.1) is 12.6 Å². The number of nitrogens with two attached hydrogens (primary N) is 1. The highest BCUT2D eigenvalue weighted by Crippen LogP contribution is 2.16. The quantitative estimate of drug-likeness (QED) is 0.763. The lowest BCUT2D eigenvalue weighted by Gasteiger charge is -2.36. The summed E-state index contributed by atoms with van der Waals surface area (Å²) in [6.07, 6.45) is 0. The van der Waals surface area contributed by atoms with Crippen molar-refractivity contribution in [2.75, 3.05) is 32.7 Å². The van der Waals surface area contributed by atoms with Gasteiger partial charge >= 0.3 is 6.03 Å². The summed E-state index contributed by atoms with van der Waals surface area (Å²) in [5, 5.41) is 2.91. The van der Waals surface area contributed by atoms with E-state index in [0.717, 1.165) is 38.3 Å². The van der Waals surface area contributed by atoms with Gasteiger partial charge < -0.3 is 16.0 Å². The van der Waals surface area contributed by atoms with Crippen LogP contribution < -0.4 is 11.1 Å². The van der Waals surface area contributed by atoms with E-state index in [9.17, 15) is 4.79 Å². The molecule has 1 unspecified atom stereocenters. The zero-order valence-electron chi connectivity index (χ0n) is 12.0. The van der Waals surface area contributed by atoms with Crippen LogP contribution in [-0.2, 0) is 6.54 Å². The van der Waals surface area contributed by atoms with Crippen LogP contribution in [0.25, 0.3) is 0 Å². The highest BCUT2D eigenvalue weighted by Gasteiger charge is 2.35. The van der Waals surface area contributed by atoms with Crippen molar-refractivity contribution in [3.05, 3.63) is 35.4 Å². The summed E-state index contributed by atoms with van der Waals surface area (Å²) >= 11 is 0. The number of nitrogens with one attached hydrogen (secondary N) is 1. The van der Waals surface area contributed by atoms with Gasteiger partial charge in [0.2, 0.25) is 0 Å². The van der Waals surface area contributed by atoms with Gasteiger partial charge in [0.15, 0.2) is 0 Å². The molecule has 2 saturated heterocycles. The number of rotatable bonds is 2. The molecule has 0 aliphatic carbocycles. The number of urea groups is 1. The maximum absolute atomic E-state index is 11.6. The van der Waals surface area contributed by atoms with Crippen LogP contribution in [0.15, 0.2) is 24.3 Å². The molecule has 2 fully saturated rings. The normalized spacial score (nSPS) is 21.5. The Hall–Kier alpha value is -2.03. The predicted molar refractivity (Wildman–Crippen MR) is 81.5 cm³/mol. The summed E-state index contributed by atoms with van der Waals surface area (Å²) < 4.78 is 0. The van der Waals surface area contributed by atoms with Crippen molar-refractivity contribution >= 4 is 6.03 Å². The SMILES string of the molecule is NCC#Cc1ccc(CN2CCN3C(=O)NCC3C2)cc1. The van der Waals surface area contributed by atoms with E-state index in [1.807, 2.05) is 17.0 Å². The minimum atomic E-state index is 0.0856. The number of carbonyl (C=O) groups is 1. The van der Waals surface area contributed by atoms with E-state index in [1.165, 1.54) is 5.56 Å². The second-order valence-corrected chi connectivity index (χ2v) is 5.47. The molecule has 0 bridgehead atoms. The zero-order valence-corrected chi connectivity index (χ0v) is 12.0. The average Bonchev–Trinajstić information content (AvgIpc) is 2.87. The molecule has 1 aromatic carbocycles. The molecule has 21 heavy (non-hydrogen) atoms. The molecule has 5 heteroatoms. The molecule has 0 aromatic heterocycles. The average molecular weight is 284 g/mol. The molecule has 2 aliphatic heterocycles. The topological polar surface area (TPSA) is 61.6 Å². The van der Waals surface area contributed by atoms with Crippen molar-refractivity contribution in [3.8, 4) is 11.8 Å². The molecule has 1 atom stereocenters. The van der Waals surface area contributed by atoms with Crippen molar-refractivity contribution in [1.29, 1.82) is 0 Å². The number of benzene rings is 1. The Labute approximate surface area is 125 Å². The van der Waals surface area contributed by atoms with E-state index in [-0.39, 0.29) is 6.03 Å². The third-order valence-corrected chi connectivity index (χ3v) is 4.01. The number of fused-ring (bicyclic) bond motifs is 1. The van der Waals surface area contributed by atoms with E-state index in [2.05, 4.69) is 34.2 Å². The number of hydrogen-bond acceptors (Lipinski definition) is 3. The summed E-state index contributed by atoms with van der Waals surface area (Å²) in [7, 11) is 0. The molecule has 2 heterocycles. The Morgan fingerprint density at radius 2 is 2.10 bits per heavy atom. The van der Waals surface area contributed by atoms with Gasteiger partial charge in [-0.25, -0.2) is 4.79 Å². The number of hydrogen-bond donors (Lipinski definition) is 2. The van der Waals surface area contributed by atoms with Crippen LogP contribution in [0, 0.1) is 11.8 Å². The van der Waals surface area contributed by atoms with Crippen LogP contribution in [0.5, 0.6) is 0 Å². The monoisotopic (exact) mass is 284 g/mol. The standard InChI is InChI=1S/C16H20N4O/c17-7-1-2-13-3-5-14(6-4-13)11-19-8-9-20-15(12-19)10-18-16(20)21/h3-6,15H,7-12,17H2,(H,18,21). The van der Waals surface area contributed by atoms with Crippen LogP contribution in [0.1, 0.15) is 11.1 Å². The number of piperazine rings is 1. The summed E-state index contributed by atoms with van der Waals surface area (Å²) in [5.41, 5.74) is 7.65. The van der Waals surface area contributed by atoms with E-state index in [4.69, 9.17) is 5.73 Å². The Kier molecular flexibility index (Phi) is 4.09. The predicted octanol–water partition coefficient (Wildman–Crippen LogP) is 0.206. The molecule has 0 spiro atoms. The van der Waals surface area contributed by atoms with Crippen molar-refractivity contribution in [2.24, 2.45) is 5.73 Å². The summed E-state index contributed by atoms with van der Waals surface area (Å²) in [5.74, 6) is 5.89. The molecular formula is C16H20N4O. The molecule has 110 valence electrons. The first-order valence-electron chi connectivity index (χ1n) is 7.31. The Morgan fingerprint density at radius 3 is 2.86 bits per heavy atom. The zero-order chi connectivity index (χ0) is 14.7. The maximum Gasteiger partial charge on any atom is 0.317 e. The Balaban J connectivity index is 1.58. The van der Waals surface area contributed by atoms with E-state index in [0.29, 0.717) is 12.6 Å². The Bertz CT molecular complexity index is 572. The lowest BCUT2D eigenvalue weighted by Crippen LogP contribution is -2.51. The third kappa shape index (κ3) is 3.18. The van der Waals surface area contributed by atoms with Crippen LogP contribution in [-0.4, -0.2) is 54.6 Å². The first-order chi connectivity index (χ1) is 10.3. The van der Waals surface area contributed by atoms with Crippen LogP contribution >= 0.6 is 0 Å². The molecule has 5 nitrogen and oxygen atoms in total. The number of nitrogens with zero attached hydrogens (tertiary/aromatic N) is 2. The van der Waals surface area contributed by atoms with Crippen LogP contribution in [0.3, 0.4) is 0 Å². The lowest BCUT2D eigenvalue weighted by atomic mass is 10.1. The third-order valence-electron chi connectivity index (χ3n) is 4.01. The highest BCUT2D eigenvalue weighted by atomic mass is 16.2. The van der Waals surface area contributed by atoms with Gasteiger partial charge in [0, 0.05) is 38.3 Å². The minimum absolute atomic E-state index is 0.0856. The van der Waals surface area contributed by atoms with Crippen LogP contribution in [0.2, 0.25) is 0 Å². The smallest absolute Gasteiger partial charge is 0.317 e. The lowest BCUT2D eigenvalue weighted by molar-refractivity contribution is 0.116. The summed E-state index contributed by atoms with van der Waals surface area (Å²) in [6, 6.07) is 8.71. The summed E-state index contributed by atoms with van der Waals surface area (Å²) in [6.45, 7) is 4.76. The van der Waals surface area contributed by atoms with Gasteiger partial charge in [-0.1, -0.05) is 24.0 Å². The molecule has 3 rings (SSSR count). The molecule has 2 aliphatic rings. The highest BCUT2D eigenvalue weighted by molar-refractivity contribution is 5.77. The molecule has 0 radical (unpaired) electrons. The van der Waals surface area contributed by atoms with E-state index >= 15 is 0 Å². The second kappa shape index (κ2) is 6.17. The van der Waals surface area contributed by atoms with Gasteiger partial charge in [-0.2, -0.15) is 0 Å². The Morgan fingerprint density at radius 1 is 1.29 bits per heavy atom. The van der Waals surface area contributed by atoms with E-state index < -0.39 is 0 Å². The van der Waals surface area contributed by atoms with Gasteiger partial charge in [-0.15, -0.1) is 0 Å². The second-order valence-electron chi connectivity index (χ2n) is 5.47. The fraction of sp³-hybridized carbons (Fsp3) is 0.438. The molecule has 0 saturated carbocycles. The van der Waals surface area contributed by atoms with Gasteiger partial charge in [-0.05, 0) is 17.7 Å². The van der Waals surface area contributed by atoms with Crippen molar-refractivity contribution in [2.45, 2.75) is 12.6 Å². The minimum Gasteiger partial charge on any atom is -0.336 e. The fourth-order valence-corrected chi connectivity index (χ4v) is 2.92. The van der Waals surface area contributed by atoms with Gasteiger partial charge in [-0.3, -0.25) is 4.90 Å². The van der Waals surface area contributed by atoms with Crippen molar-refractivity contribution in [1.82, 2.24) is 15.1 Å². The van der Waals surface area contributed by atoms with E-state index in [1.54, 1.807) is 0 Å². The van der Waals surface area contributed by atoms with Crippen molar-refractivity contribution in [3.63, 3.8) is 0 Å². The van der Waals surface area contributed by atoms with Crippen LogP contribution in [0.4, 0.5) is 4.79 Å². The first kappa shape index (κ1) is 13.9. The van der Waals surface area contributed by atoms with Crippen molar-refractivity contribution < 1.29 is 4.79 Å². The fourth-order valence-electron chi connectivity index (χ4n) is 2.92. The van der Waals surface area contributed by atoms with Gasteiger partial charge in [0.25, 0.3) is 0 Å². The summed E-state index contributed by atoms with van der Waals surface area (Å²) in [4.78, 5) is 15.9. The molecular weight excluding hydrogens is 264 g/mol. The number of amides is 2. The first-order valence-corrected chi connectivity index (χ1v) is 7.31. The molecule has 3 N–H and O–H groups in total. The molecule has 1 aromatic rings. The molecule has 2 amide bonds. The maximum atomic E-state index is 11.6.